The highest BCUT2D eigenvalue weighted by molar-refractivity contribution is 5.80. The number of rotatable bonds is 10. The van der Waals surface area contributed by atoms with Crippen LogP contribution in [0.4, 0.5) is 0 Å². The smallest absolute Gasteiger partial charge is 0.263 e. The van der Waals surface area contributed by atoms with E-state index in [2.05, 4.69) is 0 Å². The Balaban J connectivity index is 2.17. The van der Waals surface area contributed by atoms with E-state index < -0.39 is 11.9 Å². The minimum absolute atomic E-state index is 0.120. The highest BCUT2D eigenvalue weighted by atomic mass is 16.7. The summed E-state index contributed by atoms with van der Waals surface area (Å²) in [6.45, 7) is 4.46. The number of carbonyl (C=O) groups is 1. The van der Waals surface area contributed by atoms with Crippen molar-refractivity contribution in [2.75, 3.05) is 13.7 Å². The third kappa shape index (κ3) is 6.03. The number of amides is 1. The molecule has 28 heavy (non-hydrogen) atoms. The van der Waals surface area contributed by atoms with E-state index in [1.54, 1.807) is 17.7 Å². The molecular weight excluding hydrogens is 358 g/mol. The number of hydrogen-bond donors (Lipinski definition) is 3. The molecule has 0 aliphatic rings. The van der Waals surface area contributed by atoms with Crippen molar-refractivity contribution in [2.24, 2.45) is 5.73 Å². The predicted molar refractivity (Wildman–Crippen MR) is 108 cm³/mol. The molecular formula is C21H29N3O4. The van der Waals surface area contributed by atoms with Gasteiger partial charge < -0.3 is 10.5 Å². The lowest BCUT2D eigenvalue weighted by Gasteiger charge is -2.30. The molecule has 1 atom stereocenters. The Bertz CT molecular complexity index is 732. The molecule has 2 aromatic rings. The van der Waals surface area contributed by atoms with Crippen molar-refractivity contribution in [3.63, 3.8) is 0 Å². The molecule has 0 radical (unpaired) electrons. The van der Waals surface area contributed by atoms with E-state index in [0.717, 1.165) is 22.4 Å². The Hall–Kier alpha value is -2.45. The van der Waals surface area contributed by atoms with Crippen LogP contribution in [0, 0.1) is 0 Å². The minimum Gasteiger partial charge on any atom is -0.497 e. The Morgan fingerprint density at radius 1 is 1.11 bits per heavy atom. The molecule has 0 saturated heterocycles. The van der Waals surface area contributed by atoms with Crippen LogP contribution in [0.1, 0.15) is 25.8 Å². The maximum atomic E-state index is 12.1. The molecule has 2 rings (SSSR count). The van der Waals surface area contributed by atoms with Gasteiger partial charge in [0.2, 0.25) is 0 Å². The SMILES string of the molecule is COc1ccc(-c2ccc(CN(OC(C)C)[C@H](CCN)C(=O)NO)cc2)cc1. The first-order chi connectivity index (χ1) is 13.5. The summed E-state index contributed by atoms with van der Waals surface area (Å²) in [6.07, 6.45) is 0.244. The predicted octanol–water partition coefficient (Wildman–Crippen LogP) is 2.73. The Morgan fingerprint density at radius 3 is 2.14 bits per heavy atom. The van der Waals surface area contributed by atoms with Crippen LogP contribution in [0.25, 0.3) is 11.1 Å². The first kappa shape index (κ1) is 21.8. The fourth-order valence-corrected chi connectivity index (χ4v) is 2.90. The van der Waals surface area contributed by atoms with Gasteiger partial charge in [0.15, 0.2) is 0 Å². The summed E-state index contributed by atoms with van der Waals surface area (Å²) in [6, 6.07) is 15.2. The van der Waals surface area contributed by atoms with Crippen LogP contribution >= 0.6 is 0 Å². The standard InChI is InChI=1S/C21H29N3O4/c1-15(2)28-24(20(12-13-22)21(25)23-26)14-16-4-6-17(7-5-16)18-8-10-19(27-3)11-9-18/h4-11,15,20,26H,12-14,22H2,1-3H3,(H,23,25)/t20-/m1/s1. The van der Waals surface area contributed by atoms with E-state index in [4.69, 9.17) is 20.5 Å². The molecule has 0 bridgehead atoms. The van der Waals surface area contributed by atoms with Crippen LogP contribution < -0.4 is 16.0 Å². The Labute approximate surface area is 166 Å². The average Bonchev–Trinajstić information content (AvgIpc) is 2.71. The monoisotopic (exact) mass is 387 g/mol. The van der Waals surface area contributed by atoms with Gasteiger partial charge in [-0.3, -0.25) is 14.8 Å². The van der Waals surface area contributed by atoms with Gasteiger partial charge in [-0.2, -0.15) is 5.06 Å². The van der Waals surface area contributed by atoms with Crippen LogP contribution in [0.5, 0.6) is 5.75 Å². The molecule has 0 unspecified atom stereocenters. The van der Waals surface area contributed by atoms with Gasteiger partial charge in [-0.25, -0.2) is 5.48 Å². The molecule has 0 aromatic heterocycles. The first-order valence-corrected chi connectivity index (χ1v) is 9.29. The summed E-state index contributed by atoms with van der Waals surface area (Å²) >= 11 is 0. The maximum Gasteiger partial charge on any atom is 0.263 e. The van der Waals surface area contributed by atoms with Gasteiger partial charge in [0, 0.05) is 0 Å². The zero-order chi connectivity index (χ0) is 20.5. The van der Waals surface area contributed by atoms with Crippen molar-refractivity contribution >= 4 is 5.91 Å². The quantitative estimate of drug-likeness (QED) is 0.428. The second-order valence-electron chi connectivity index (χ2n) is 6.72. The molecule has 2 aromatic carbocycles. The van der Waals surface area contributed by atoms with Gasteiger partial charge in [-0.1, -0.05) is 36.4 Å². The van der Waals surface area contributed by atoms with Crippen molar-refractivity contribution in [1.82, 2.24) is 10.5 Å². The molecule has 0 spiro atoms. The van der Waals surface area contributed by atoms with E-state index in [-0.39, 0.29) is 6.10 Å². The van der Waals surface area contributed by atoms with Crippen LogP contribution in [0.15, 0.2) is 48.5 Å². The lowest BCUT2D eigenvalue weighted by molar-refractivity contribution is -0.221. The lowest BCUT2D eigenvalue weighted by atomic mass is 10.0. The van der Waals surface area contributed by atoms with Crippen LogP contribution in [0.2, 0.25) is 0 Å². The fourth-order valence-electron chi connectivity index (χ4n) is 2.90. The summed E-state index contributed by atoms with van der Waals surface area (Å²) in [5.41, 5.74) is 10.5. The fraction of sp³-hybridized carbons (Fsp3) is 0.381. The number of nitrogens with zero attached hydrogens (tertiary/aromatic N) is 1. The molecule has 0 saturated carbocycles. The molecule has 0 aliphatic heterocycles. The van der Waals surface area contributed by atoms with E-state index in [0.29, 0.717) is 19.5 Å². The number of nitrogens with one attached hydrogen (secondary N) is 1. The molecule has 4 N–H and O–H groups in total. The van der Waals surface area contributed by atoms with Gasteiger partial charge in [0.25, 0.3) is 5.91 Å². The molecule has 7 nitrogen and oxygen atoms in total. The maximum absolute atomic E-state index is 12.1. The number of hydroxylamine groups is 3. The van der Waals surface area contributed by atoms with E-state index in [9.17, 15) is 4.79 Å². The van der Waals surface area contributed by atoms with Crippen LogP contribution in [-0.2, 0) is 16.2 Å². The zero-order valence-electron chi connectivity index (χ0n) is 16.6. The normalized spacial score (nSPS) is 12.2. The summed E-state index contributed by atoms with van der Waals surface area (Å²) < 4.78 is 5.19. The van der Waals surface area contributed by atoms with Gasteiger partial charge in [0.1, 0.15) is 11.8 Å². The molecule has 0 fully saturated rings. The Kier molecular flexibility index (Phi) is 8.41. The van der Waals surface area contributed by atoms with Crippen molar-refractivity contribution in [1.29, 1.82) is 0 Å². The summed E-state index contributed by atoms with van der Waals surface area (Å²) in [5.74, 6) is 0.274. The number of carbonyl (C=O) groups excluding carboxylic acids is 1. The van der Waals surface area contributed by atoms with E-state index in [1.165, 1.54) is 0 Å². The first-order valence-electron chi connectivity index (χ1n) is 9.29. The third-order valence-corrected chi connectivity index (χ3v) is 4.26. The molecule has 0 heterocycles. The molecule has 0 aliphatic carbocycles. The van der Waals surface area contributed by atoms with E-state index >= 15 is 0 Å². The highest BCUT2D eigenvalue weighted by Gasteiger charge is 2.27. The third-order valence-electron chi connectivity index (χ3n) is 4.26. The van der Waals surface area contributed by atoms with Crippen LogP contribution in [-0.4, -0.2) is 42.0 Å². The second-order valence-corrected chi connectivity index (χ2v) is 6.72. The van der Waals surface area contributed by atoms with E-state index in [1.807, 2.05) is 62.4 Å². The van der Waals surface area contributed by atoms with Gasteiger partial charge in [0.05, 0.1) is 19.8 Å². The summed E-state index contributed by atoms with van der Waals surface area (Å²) in [5, 5.41) is 10.6. The van der Waals surface area contributed by atoms with Crippen molar-refractivity contribution < 1.29 is 19.6 Å². The van der Waals surface area contributed by atoms with Crippen LogP contribution in [0.3, 0.4) is 0 Å². The lowest BCUT2D eigenvalue weighted by Crippen LogP contribution is -2.47. The zero-order valence-corrected chi connectivity index (χ0v) is 16.6. The number of nitrogens with two attached hydrogens (primary N) is 1. The number of methoxy groups -OCH3 is 1. The van der Waals surface area contributed by atoms with Gasteiger partial charge >= 0.3 is 0 Å². The number of ether oxygens (including phenoxy) is 1. The second kappa shape index (κ2) is 10.8. The van der Waals surface area contributed by atoms with Gasteiger partial charge in [-0.05, 0) is 55.6 Å². The van der Waals surface area contributed by atoms with Crippen molar-refractivity contribution in [3.05, 3.63) is 54.1 Å². The van der Waals surface area contributed by atoms with Crippen molar-refractivity contribution in [2.45, 2.75) is 39.0 Å². The summed E-state index contributed by atoms with van der Waals surface area (Å²) in [7, 11) is 1.64. The topological polar surface area (TPSA) is 97.0 Å². The number of hydrogen-bond acceptors (Lipinski definition) is 6. The molecule has 152 valence electrons. The molecule has 7 heteroatoms. The van der Waals surface area contributed by atoms with Gasteiger partial charge in [-0.15, -0.1) is 0 Å². The highest BCUT2D eigenvalue weighted by Crippen LogP contribution is 2.23. The van der Waals surface area contributed by atoms with Crippen molar-refractivity contribution in [3.8, 4) is 16.9 Å². The summed E-state index contributed by atoms with van der Waals surface area (Å²) in [4.78, 5) is 17.9. The molecule has 1 amide bonds. The average molecular weight is 387 g/mol. The largest absolute Gasteiger partial charge is 0.497 e. The minimum atomic E-state index is -0.682. The Morgan fingerprint density at radius 2 is 1.68 bits per heavy atom. The number of benzene rings is 2.